The molecule has 0 bridgehead atoms. The number of rotatable bonds is 4. The van der Waals surface area contributed by atoms with Gasteiger partial charge in [0.25, 0.3) is 0 Å². The van der Waals surface area contributed by atoms with Gasteiger partial charge >= 0.3 is 0 Å². The van der Waals surface area contributed by atoms with Crippen LogP contribution in [-0.2, 0) is 4.79 Å². The van der Waals surface area contributed by atoms with Gasteiger partial charge in [0.2, 0.25) is 0 Å². The summed E-state index contributed by atoms with van der Waals surface area (Å²) in [6, 6.07) is 20.3. The molecule has 0 amide bonds. The third kappa shape index (κ3) is 3.45. The second-order valence-electron chi connectivity index (χ2n) is 6.90. The molecule has 2 saturated heterocycles. The van der Waals surface area contributed by atoms with E-state index in [1.165, 1.54) is 0 Å². The quantitative estimate of drug-likeness (QED) is 0.875. The Kier molecular flexibility index (Phi) is 5.18. The molecule has 2 aliphatic heterocycles. The maximum absolute atomic E-state index is 13.6. The first-order valence-corrected chi connectivity index (χ1v) is 9.43. The lowest BCUT2D eigenvalue weighted by molar-refractivity contribution is -0.122. The largest absolute Gasteiger partial charge is 0.359 e. The summed E-state index contributed by atoms with van der Waals surface area (Å²) in [7, 11) is 0. The number of nitrogens with zero attached hydrogens (tertiary/aromatic N) is 2. The van der Waals surface area contributed by atoms with Crippen LogP contribution in [0.3, 0.4) is 0 Å². The SMILES string of the molecule is O=C(C1CNCCN1c1ccccc1)C1CNCCN1c1ccccc1. The minimum atomic E-state index is -0.137. The van der Waals surface area contributed by atoms with Crippen molar-refractivity contribution < 1.29 is 4.79 Å². The average molecular weight is 350 g/mol. The smallest absolute Gasteiger partial charge is 0.180 e. The number of Topliss-reactive ketones (excluding diaryl/α,β-unsaturated/α-hetero) is 1. The molecule has 0 aromatic heterocycles. The predicted molar refractivity (Wildman–Crippen MR) is 106 cm³/mol. The van der Waals surface area contributed by atoms with Gasteiger partial charge in [-0.05, 0) is 24.3 Å². The highest BCUT2D eigenvalue weighted by Crippen LogP contribution is 2.23. The third-order valence-corrected chi connectivity index (χ3v) is 5.32. The fraction of sp³-hybridized carbons (Fsp3) is 0.381. The number of anilines is 2. The van der Waals surface area contributed by atoms with Gasteiger partial charge < -0.3 is 20.4 Å². The van der Waals surface area contributed by atoms with Gasteiger partial charge in [-0.25, -0.2) is 0 Å². The van der Waals surface area contributed by atoms with Gasteiger partial charge in [-0.3, -0.25) is 4.79 Å². The van der Waals surface area contributed by atoms with Crippen LogP contribution in [-0.4, -0.2) is 57.1 Å². The van der Waals surface area contributed by atoms with E-state index in [2.05, 4.69) is 44.7 Å². The number of carbonyl (C=O) groups excluding carboxylic acids is 1. The van der Waals surface area contributed by atoms with Crippen LogP contribution in [0.2, 0.25) is 0 Å². The molecule has 4 rings (SSSR count). The predicted octanol–water partition coefficient (Wildman–Crippen LogP) is 1.51. The number of para-hydroxylation sites is 2. The van der Waals surface area contributed by atoms with E-state index >= 15 is 0 Å². The first-order valence-electron chi connectivity index (χ1n) is 9.43. The summed E-state index contributed by atoms with van der Waals surface area (Å²) in [5.74, 6) is 0.289. The van der Waals surface area contributed by atoms with E-state index in [9.17, 15) is 4.79 Å². The molecular weight excluding hydrogens is 324 g/mol. The standard InChI is InChI=1S/C21H26N4O/c26-21(19-15-22-11-13-24(19)17-7-3-1-4-8-17)20-16-23-12-14-25(20)18-9-5-2-6-10-18/h1-10,19-20,22-23H,11-16H2. The van der Waals surface area contributed by atoms with Crippen LogP contribution in [0.5, 0.6) is 0 Å². The van der Waals surface area contributed by atoms with Gasteiger partial charge in [0.05, 0.1) is 0 Å². The molecule has 2 heterocycles. The van der Waals surface area contributed by atoms with Crippen LogP contribution in [0.1, 0.15) is 0 Å². The Hall–Kier alpha value is -2.37. The number of hydrogen-bond acceptors (Lipinski definition) is 5. The van der Waals surface area contributed by atoms with Crippen molar-refractivity contribution in [1.82, 2.24) is 10.6 Å². The van der Waals surface area contributed by atoms with E-state index in [4.69, 9.17) is 0 Å². The van der Waals surface area contributed by atoms with Gasteiger partial charge in [0.15, 0.2) is 5.78 Å². The zero-order valence-corrected chi connectivity index (χ0v) is 15.0. The Bertz CT molecular complexity index is 660. The Morgan fingerprint density at radius 2 is 1.15 bits per heavy atom. The molecule has 2 atom stereocenters. The van der Waals surface area contributed by atoms with Gasteiger partial charge in [-0.1, -0.05) is 36.4 Å². The molecule has 5 nitrogen and oxygen atoms in total. The van der Waals surface area contributed by atoms with Crippen molar-refractivity contribution in [1.29, 1.82) is 0 Å². The van der Waals surface area contributed by atoms with E-state index < -0.39 is 0 Å². The molecule has 0 radical (unpaired) electrons. The highest BCUT2D eigenvalue weighted by Gasteiger charge is 2.37. The molecule has 136 valence electrons. The molecule has 5 heteroatoms. The molecular formula is C21H26N4O. The Balaban J connectivity index is 1.59. The van der Waals surface area contributed by atoms with Crippen LogP contribution >= 0.6 is 0 Å². The number of benzene rings is 2. The monoisotopic (exact) mass is 350 g/mol. The second-order valence-corrected chi connectivity index (χ2v) is 6.90. The molecule has 2 aromatic carbocycles. The first-order chi connectivity index (χ1) is 12.8. The number of piperazine rings is 2. The zero-order chi connectivity index (χ0) is 17.8. The number of carbonyl (C=O) groups is 1. The molecule has 0 saturated carbocycles. The Morgan fingerprint density at radius 1 is 0.731 bits per heavy atom. The summed E-state index contributed by atoms with van der Waals surface area (Å²) in [6.45, 7) is 4.92. The van der Waals surface area contributed by atoms with Crippen molar-refractivity contribution in [3.8, 4) is 0 Å². The number of hydrogen-bond donors (Lipinski definition) is 2. The molecule has 26 heavy (non-hydrogen) atoms. The molecule has 0 spiro atoms. The summed E-state index contributed by atoms with van der Waals surface area (Å²) >= 11 is 0. The zero-order valence-electron chi connectivity index (χ0n) is 15.0. The van der Waals surface area contributed by atoms with Crippen molar-refractivity contribution in [2.45, 2.75) is 12.1 Å². The van der Waals surface area contributed by atoms with Crippen molar-refractivity contribution >= 4 is 17.2 Å². The van der Waals surface area contributed by atoms with Gasteiger partial charge in [0.1, 0.15) is 12.1 Å². The van der Waals surface area contributed by atoms with Crippen LogP contribution in [0.15, 0.2) is 60.7 Å². The maximum Gasteiger partial charge on any atom is 0.180 e. The van der Waals surface area contributed by atoms with Gasteiger partial charge in [0, 0.05) is 50.6 Å². The summed E-state index contributed by atoms with van der Waals surface area (Å²) < 4.78 is 0. The van der Waals surface area contributed by atoms with Gasteiger partial charge in [-0.2, -0.15) is 0 Å². The van der Waals surface area contributed by atoms with Crippen LogP contribution < -0.4 is 20.4 Å². The molecule has 2 fully saturated rings. The minimum absolute atomic E-state index is 0.137. The highest BCUT2D eigenvalue weighted by molar-refractivity contribution is 5.95. The lowest BCUT2D eigenvalue weighted by Crippen LogP contribution is -2.63. The van der Waals surface area contributed by atoms with Crippen LogP contribution in [0.25, 0.3) is 0 Å². The third-order valence-electron chi connectivity index (χ3n) is 5.32. The fourth-order valence-electron chi connectivity index (χ4n) is 4.00. The lowest BCUT2D eigenvalue weighted by atomic mass is 9.97. The normalized spacial score (nSPS) is 23.7. The van der Waals surface area contributed by atoms with Crippen molar-refractivity contribution in [2.24, 2.45) is 0 Å². The summed E-state index contributed by atoms with van der Waals surface area (Å²) in [6.07, 6.45) is 0. The molecule has 2 N–H and O–H groups in total. The minimum Gasteiger partial charge on any atom is -0.359 e. The second kappa shape index (κ2) is 7.89. The van der Waals surface area contributed by atoms with Crippen molar-refractivity contribution in [3.63, 3.8) is 0 Å². The molecule has 2 aliphatic rings. The number of nitrogens with one attached hydrogen (secondary N) is 2. The topological polar surface area (TPSA) is 47.6 Å². The van der Waals surface area contributed by atoms with E-state index in [0.717, 1.165) is 37.6 Å². The average Bonchev–Trinajstić information content (AvgIpc) is 2.74. The Labute approximate surface area is 155 Å². The lowest BCUT2D eigenvalue weighted by Gasteiger charge is -2.43. The fourth-order valence-corrected chi connectivity index (χ4v) is 4.00. The highest BCUT2D eigenvalue weighted by atomic mass is 16.1. The summed E-state index contributed by atoms with van der Waals surface area (Å²) in [5.41, 5.74) is 2.25. The van der Waals surface area contributed by atoms with Crippen LogP contribution in [0.4, 0.5) is 11.4 Å². The molecule has 2 aromatic rings. The molecule has 0 aliphatic carbocycles. The Morgan fingerprint density at radius 3 is 1.58 bits per heavy atom. The van der Waals surface area contributed by atoms with E-state index in [1.807, 2.05) is 36.4 Å². The van der Waals surface area contributed by atoms with E-state index in [-0.39, 0.29) is 17.9 Å². The van der Waals surface area contributed by atoms with E-state index in [1.54, 1.807) is 0 Å². The first kappa shape index (κ1) is 17.1. The van der Waals surface area contributed by atoms with Gasteiger partial charge in [-0.15, -0.1) is 0 Å². The molecule has 2 unspecified atom stereocenters. The van der Waals surface area contributed by atoms with Crippen molar-refractivity contribution in [3.05, 3.63) is 60.7 Å². The summed E-state index contributed by atoms with van der Waals surface area (Å²) in [5, 5.41) is 6.82. The summed E-state index contributed by atoms with van der Waals surface area (Å²) in [4.78, 5) is 18.1. The number of ketones is 1. The van der Waals surface area contributed by atoms with Crippen LogP contribution in [0, 0.1) is 0 Å². The van der Waals surface area contributed by atoms with E-state index in [0.29, 0.717) is 13.1 Å². The maximum atomic E-state index is 13.6. The van der Waals surface area contributed by atoms with Crippen molar-refractivity contribution in [2.75, 3.05) is 49.1 Å².